The average molecular weight is 288 g/mol. The zero-order chi connectivity index (χ0) is 15.8. The minimum atomic E-state index is -0.137. The van der Waals surface area contributed by atoms with Crippen LogP contribution < -0.4 is 5.73 Å². The number of hydrogen-bond acceptors (Lipinski definition) is 4. The Labute approximate surface area is 128 Å². The first-order chi connectivity index (χ1) is 9.75. The fraction of sp³-hybridized carbons (Fsp3) is 0.588. The molecule has 1 aliphatic heterocycles. The summed E-state index contributed by atoms with van der Waals surface area (Å²) in [6.07, 6.45) is 0. The molecule has 0 aliphatic carbocycles. The zero-order valence-electron chi connectivity index (χ0n) is 14.2. The molecule has 0 saturated carbocycles. The number of likely N-dealkylation sites (N-methyl/N-ethyl adjacent to an activating group) is 1. The van der Waals surface area contributed by atoms with E-state index in [2.05, 4.69) is 68.7 Å². The first kappa shape index (κ1) is 15.8. The Balaban J connectivity index is 2.41. The van der Waals surface area contributed by atoms with E-state index in [9.17, 15) is 0 Å². The number of aliphatic imine (C=N–C) groups is 1. The standard InChI is InChI=1S/C17H28N4/c1-12-9-13(2)15(14(3)10-12)17(4)11-19-16(18)21(17)8-7-20(5)6/h9-10H,7-8,11H2,1-6H3,(H2,18,19). The molecule has 1 unspecified atom stereocenters. The van der Waals surface area contributed by atoms with Gasteiger partial charge in [-0.25, -0.2) is 0 Å². The van der Waals surface area contributed by atoms with E-state index in [0.29, 0.717) is 5.96 Å². The fourth-order valence-electron chi connectivity index (χ4n) is 3.56. The highest BCUT2D eigenvalue weighted by Crippen LogP contribution is 2.36. The molecule has 2 rings (SSSR count). The molecule has 116 valence electrons. The van der Waals surface area contributed by atoms with Crippen LogP contribution in [-0.4, -0.2) is 49.5 Å². The van der Waals surface area contributed by atoms with Crippen LogP contribution in [0.15, 0.2) is 17.1 Å². The van der Waals surface area contributed by atoms with E-state index in [4.69, 9.17) is 5.73 Å². The summed E-state index contributed by atoms with van der Waals surface area (Å²) in [5.41, 5.74) is 11.4. The molecular weight excluding hydrogens is 260 g/mol. The lowest BCUT2D eigenvalue weighted by Crippen LogP contribution is -2.50. The Bertz CT molecular complexity index is 539. The topological polar surface area (TPSA) is 44.9 Å². The molecule has 0 amide bonds. The Kier molecular flexibility index (Phi) is 4.28. The van der Waals surface area contributed by atoms with Crippen molar-refractivity contribution in [3.63, 3.8) is 0 Å². The Morgan fingerprint density at radius 2 is 1.81 bits per heavy atom. The quantitative estimate of drug-likeness (QED) is 0.922. The molecule has 21 heavy (non-hydrogen) atoms. The van der Waals surface area contributed by atoms with E-state index in [1.807, 2.05) is 0 Å². The van der Waals surface area contributed by atoms with Gasteiger partial charge in [-0.3, -0.25) is 4.99 Å². The summed E-state index contributed by atoms with van der Waals surface area (Å²) in [6, 6.07) is 4.51. The van der Waals surface area contributed by atoms with Crippen molar-refractivity contribution in [3.8, 4) is 0 Å². The summed E-state index contributed by atoms with van der Waals surface area (Å²) in [7, 11) is 4.17. The van der Waals surface area contributed by atoms with Gasteiger partial charge in [0.05, 0.1) is 12.1 Å². The molecular formula is C17H28N4. The molecule has 1 atom stereocenters. The van der Waals surface area contributed by atoms with Gasteiger partial charge in [-0.1, -0.05) is 17.7 Å². The first-order valence-electron chi connectivity index (χ1n) is 7.56. The maximum absolute atomic E-state index is 6.17. The largest absolute Gasteiger partial charge is 0.370 e. The molecule has 4 heteroatoms. The van der Waals surface area contributed by atoms with Gasteiger partial charge < -0.3 is 15.5 Å². The highest BCUT2D eigenvalue weighted by atomic mass is 15.4. The molecule has 0 aromatic heterocycles. The van der Waals surface area contributed by atoms with Crippen molar-refractivity contribution in [1.82, 2.24) is 9.80 Å². The van der Waals surface area contributed by atoms with Crippen molar-refractivity contribution in [2.45, 2.75) is 33.2 Å². The third-order valence-electron chi connectivity index (χ3n) is 4.41. The van der Waals surface area contributed by atoms with Crippen LogP contribution in [0.25, 0.3) is 0 Å². The molecule has 0 bridgehead atoms. The second kappa shape index (κ2) is 5.68. The molecule has 0 spiro atoms. The third-order valence-corrected chi connectivity index (χ3v) is 4.41. The second-order valence-electron chi connectivity index (χ2n) is 6.68. The van der Waals surface area contributed by atoms with Gasteiger partial charge in [-0.15, -0.1) is 0 Å². The summed E-state index contributed by atoms with van der Waals surface area (Å²) in [6.45, 7) is 11.4. The number of rotatable bonds is 4. The summed E-state index contributed by atoms with van der Waals surface area (Å²) >= 11 is 0. The number of nitrogens with zero attached hydrogens (tertiary/aromatic N) is 3. The Hall–Kier alpha value is -1.55. The molecule has 1 aromatic rings. The van der Waals surface area contributed by atoms with Crippen molar-refractivity contribution in [2.75, 3.05) is 33.7 Å². The number of benzene rings is 1. The monoisotopic (exact) mass is 288 g/mol. The summed E-state index contributed by atoms with van der Waals surface area (Å²) in [5.74, 6) is 0.665. The predicted molar refractivity (Wildman–Crippen MR) is 89.8 cm³/mol. The van der Waals surface area contributed by atoms with Crippen molar-refractivity contribution >= 4 is 5.96 Å². The SMILES string of the molecule is Cc1cc(C)c(C2(C)CN=C(N)N2CCN(C)C)c(C)c1. The smallest absolute Gasteiger partial charge is 0.192 e. The first-order valence-corrected chi connectivity index (χ1v) is 7.56. The van der Waals surface area contributed by atoms with Crippen LogP contribution in [0.2, 0.25) is 0 Å². The van der Waals surface area contributed by atoms with Gasteiger partial charge in [0.1, 0.15) is 0 Å². The fourth-order valence-corrected chi connectivity index (χ4v) is 3.56. The molecule has 1 aliphatic rings. The molecule has 0 fully saturated rings. The number of aryl methyl sites for hydroxylation is 3. The summed E-state index contributed by atoms with van der Waals surface area (Å²) < 4.78 is 0. The van der Waals surface area contributed by atoms with Crippen LogP contribution in [0.1, 0.15) is 29.2 Å². The van der Waals surface area contributed by atoms with Crippen LogP contribution >= 0.6 is 0 Å². The molecule has 4 nitrogen and oxygen atoms in total. The van der Waals surface area contributed by atoms with Gasteiger partial charge in [0, 0.05) is 13.1 Å². The zero-order valence-corrected chi connectivity index (χ0v) is 14.2. The van der Waals surface area contributed by atoms with Gasteiger partial charge in [-0.2, -0.15) is 0 Å². The van der Waals surface area contributed by atoms with E-state index in [-0.39, 0.29) is 5.54 Å². The van der Waals surface area contributed by atoms with Gasteiger partial charge in [0.25, 0.3) is 0 Å². The maximum atomic E-state index is 6.17. The lowest BCUT2D eigenvalue weighted by molar-refractivity contribution is 0.203. The summed E-state index contributed by atoms with van der Waals surface area (Å²) in [4.78, 5) is 8.97. The van der Waals surface area contributed by atoms with E-state index < -0.39 is 0 Å². The second-order valence-corrected chi connectivity index (χ2v) is 6.68. The van der Waals surface area contributed by atoms with Gasteiger partial charge in [0.2, 0.25) is 0 Å². The number of hydrogen-bond donors (Lipinski definition) is 1. The van der Waals surface area contributed by atoms with Crippen molar-refractivity contribution < 1.29 is 0 Å². The molecule has 1 aromatic carbocycles. The lowest BCUT2D eigenvalue weighted by Gasteiger charge is -2.39. The minimum absolute atomic E-state index is 0.137. The average Bonchev–Trinajstić information content (AvgIpc) is 2.62. The molecule has 2 N–H and O–H groups in total. The molecule has 1 heterocycles. The normalized spacial score (nSPS) is 22.0. The number of nitrogens with two attached hydrogens (primary N) is 1. The Morgan fingerprint density at radius 3 is 2.33 bits per heavy atom. The van der Waals surface area contributed by atoms with Crippen molar-refractivity contribution in [1.29, 1.82) is 0 Å². The number of guanidine groups is 1. The van der Waals surface area contributed by atoms with E-state index in [1.165, 1.54) is 22.3 Å². The van der Waals surface area contributed by atoms with Crippen LogP contribution in [0.3, 0.4) is 0 Å². The molecule has 0 radical (unpaired) electrons. The van der Waals surface area contributed by atoms with Gasteiger partial charge in [-0.05, 0) is 58.5 Å². The van der Waals surface area contributed by atoms with E-state index in [1.54, 1.807) is 0 Å². The molecule has 0 saturated heterocycles. The third kappa shape index (κ3) is 2.91. The predicted octanol–water partition coefficient (Wildman–Crippen LogP) is 2.02. The van der Waals surface area contributed by atoms with Crippen molar-refractivity contribution in [3.05, 3.63) is 34.4 Å². The highest BCUT2D eigenvalue weighted by Gasteiger charge is 2.41. The Morgan fingerprint density at radius 1 is 1.24 bits per heavy atom. The maximum Gasteiger partial charge on any atom is 0.192 e. The minimum Gasteiger partial charge on any atom is -0.370 e. The van der Waals surface area contributed by atoms with Crippen molar-refractivity contribution in [2.24, 2.45) is 10.7 Å². The van der Waals surface area contributed by atoms with Gasteiger partial charge in [0.15, 0.2) is 5.96 Å². The van der Waals surface area contributed by atoms with Crippen LogP contribution in [0.4, 0.5) is 0 Å². The van der Waals surface area contributed by atoms with Crippen LogP contribution in [0.5, 0.6) is 0 Å². The lowest BCUT2D eigenvalue weighted by atomic mass is 9.83. The van der Waals surface area contributed by atoms with Gasteiger partial charge >= 0.3 is 0 Å². The van der Waals surface area contributed by atoms with E-state index in [0.717, 1.165) is 19.6 Å². The summed E-state index contributed by atoms with van der Waals surface area (Å²) in [5, 5.41) is 0. The van der Waals surface area contributed by atoms with E-state index >= 15 is 0 Å². The van der Waals surface area contributed by atoms with Crippen LogP contribution in [-0.2, 0) is 5.54 Å². The van der Waals surface area contributed by atoms with Crippen LogP contribution in [0, 0.1) is 20.8 Å². The highest BCUT2D eigenvalue weighted by molar-refractivity contribution is 5.81.